The zero-order valence-electron chi connectivity index (χ0n) is 7.98. The molecular formula is C10H18N2. The molecule has 1 saturated heterocycles. The molecule has 2 heteroatoms. The second-order valence-corrected chi connectivity index (χ2v) is 3.97. The lowest BCUT2D eigenvalue weighted by molar-refractivity contribution is 0.445. The summed E-state index contributed by atoms with van der Waals surface area (Å²) in [5, 5.41) is 0. The SMILES string of the molecule is C#CCCC1(CCC(C)C)NN1. The fraction of sp³-hybridized carbons (Fsp3) is 0.800. The van der Waals surface area contributed by atoms with Gasteiger partial charge in [0.1, 0.15) is 0 Å². The first-order valence-corrected chi connectivity index (χ1v) is 4.66. The minimum Gasteiger partial charge on any atom is -0.235 e. The zero-order chi connectivity index (χ0) is 9.03. The molecule has 1 rings (SSSR count). The average Bonchev–Trinajstić information content (AvgIpc) is 2.79. The van der Waals surface area contributed by atoms with Crippen molar-refractivity contribution in [2.75, 3.05) is 0 Å². The molecule has 68 valence electrons. The third-order valence-corrected chi connectivity index (χ3v) is 2.32. The van der Waals surface area contributed by atoms with Gasteiger partial charge in [0.05, 0.1) is 5.66 Å². The molecule has 0 aromatic carbocycles. The van der Waals surface area contributed by atoms with Crippen molar-refractivity contribution < 1.29 is 0 Å². The van der Waals surface area contributed by atoms with Crippen LogP contribution < -0.4 is 10.9 Å². The van der Waals surface area contributed by atoms with Crippen LogP contribution in [0.25, 0.3) is 0 Å². The maximum Gasteiger partial charge on any atom is 0.0952 e. The van der Waals surface area contributed by atoms with Gasteiger partial charge in [-0.2, -0.15) is 0 Å². The zero-order valence-corrected chi connectivity index (χ0v) is 7.98. The number of nitrogens with one attached hydrogen (secondary N) is 2. The van der Waals surface area contributed by atoms with Gasteiger partial charge in [0.15, 0.2) is 0 Å². The second-order valence-electron chi connectivity index (χ2n) is 3.97. The summed E-state index contributed by atoms with van der Waals surface area (Å²) in [4.78, 5) is 0. The second kappa shape index (κ2) is 3.93. The third-order valence-electron chi connectivity index (χ3n) is 2.32. The van der Waals surface area contributed by atoms with Crippen LogP contribution in [0.3, 0.4) is 0 Å². The Morgan fingerprint density at radius 1 is 1.33 bits per heavy atom. The highest BCUT2D eigenvalue weighted by Crippen LogP contribution is 2.25. The number of hydrazine groups is 1. The first-order chi connectivity index (χ1) is 5.68. The van der Waals surface area contributed by atoms with Gasteiger partial charge in [-0.1, -0.05) is 13.8 Å². The summed E-state index contributed by atoms with van der Waals surface area (Å²) in [7, 11) is 0. The predicted molar refractivity (Wildman–Crippen MR) is 51.1 cm³/mol. The third kappa shape index (κ3) is 2.84. The summed E-state index contributed by atoms with van der Waals surface area (Å²) < 4.78 is 0. The van der Waals surface area contributed by atoms with Crippen LogP contribution in [0.5, 0.6) is 0 Å². The van der Waals surface area contributed by atoms with Crippen LogP contribution in [0.4, 0.5) is 0 Å². The standard InChI is InChI=1S/C10H18N2/c1-4-5-7-10(11-12-10)8-6-9(2)3/h1,9,11-12H,5-8H2,2-3H3. The van der Waals surface area contributed by atoms with E-state index in [-0.39, 0.29) is 5.66 Å². The normalized spacial score (nSPS) is 19.2. The molecule has 0 aromatic heterocycles. The van der Waals surface area contributed by atoms with Gasteiger partial charge in [0.2, 0.25) is 0 Å². The van der Waals surface area contributed by atoms with Crippen molar-refractivity contribution in [1.82, 2.24) is 10.9 Å². The van der Waals surface area contributed by atoms with Gasteiger partial charge in [-0.3, -0.25) is 0 Å². The van der Waals surface area contributed by atoms with E-state index < -0.39 is 0 Å². The molecule has 2 N–H and O–H groups in total. The molecular weight excluding hydrogens is 148 g/mol. The number of hydrogen-bond donors (Lipinski definition) is 2. The van der Waals surface area contributed by atoms with Crippen LogP contribution in [0.1, 0.15) is 39.5 Å². The Morgan fingerprint density at radius 2 is 2.00 bits per heavy atom. The van der Waals surface area contributed by atoms with E-state index in [4.69, 9.17) is 6.42 Å². The Labute approximate surface area is 75.1 Å². The Balaban J connectivity index is 2.17. The molecule has 0 atom stereocenters. The van der Waals surface area contributed by atoms with E-state index in [2.05, 4.69) is 30.6 Å². The fourth-order valence-electron chi connectivity index (χ4n) is 1.28. The summed E-state index contributed by atoms with van der Waals surface area (Å²) in [5.74, 6) is 3.45. The first kappa shape index (κ1) is 9.57. The van der Waals surface area contributed by atoms with E-state index in [1.807, 2.05) is 0 Å². The van der Waals surface area contributed by atoms with E-state index in [1.165, 1.54) is 12.8 Å². The molecule has 0 bridgehead atoms. The maximum atomic E-state index is 5.21. The van der Waals surface area contributed by atoms with Crippen molar-refractivity contribution in [1.29, 1.82) is 0 Å². The molecule has 1 aliphatic heterocycles. The van der Waals surface area contributed by atoms with Gasteiger partial charge in [-0.15, -0.1) is 12.3 Å². The van der Waals surface area contributed by atoms with Crippen molar-refractivity contribution >= 4 is 0 Å². The minimum atomic E-state index is 0.191. The highest BCUT2D eigenvalue weighted by molar-refractivity contribution is 4.98. The molecule has 0 radical (unpaired) electrons. The number of terminal acetylenes is 1. The molecule has 0 amide bonds. The minimum absolute atomic E-state index is 0.191. The van der Waals surface area contributed by atoms with Crippen molar-refractivity contribution in [3.05, 3.63) is 0 Å². The van der Waals surface area contributed by atoms with Gasteiger partial charge in [-0.05, 0) is 25.2 Å². The van der Waals surface area contributed by atoms with Gasteiger partial charge in [0.25, 0.3) is 0 Å². The van der Waals surface area contributed by atoms with Gasteiger partial charge >= 0.3 is 0 Å². The molecule has 1 heterocycles. The van der Waals surface area contributed by atoms with Crippen LogP contribution in [-0.2, 0) is 0 Å². The Bertz CT molecular complexity index is 175. The number of rotatable bonds is 5. The Kier molecular flexibility index (Phi) is 3.13. The monoisotopic (exact) mass is 166 g/mol. The van der Waals surface area contributed by atoms with Crippen LogP contribution in [0, 0.1) is 18.3 Å². The van der Waals surface area contributed by atoms with E-state index in [9.17, 15) is 0 Å². The first-order valence-electron chi connectivity index (χ1n) is 4.66. The van der Waals surface area contributed by atoms with E-state index in [1.54, 1.807) is 0 Å². The quantitative estimate of drug-likeness (QED) is 0.481. The summed E-state index contributed by atoms with van der Waals surface area (Å²) >= 11 is 0. The van der Waals surface area contributed by atoms with E-state index in [0.717, 1.165) is 18.8 Å². The highest BCUT2D eigenvalue weighted by atomic mass is 15.7. The Morgan fingerprint density at radius 3 is 2.42 bits per heavy atom. The molecule has 0 aromatic rings. The summed E-state index contributed by atoms with van der Waals surface area (Å²) in [6, 6.07) is 0. The largest absolute Gasteiger partial charge is 0.235 e. The van der Waals surface area contributed by atoms with Gasteiger partial charge in [-0.25, -0.2) is 10.9 Å². The summed E-state index contributed by atoms with van der Waals surface area (Å²) in [6.45, 7) is 4.49. The molecule has 0 spiro atoms. The number of hydrogen-bond acceptors (Lipinski definition) is 2. The Hall–Kier alpha value is -0.520. The predicted octanol–water partition coefficient (Wildman–Crippen LogP) is 1.64. The topological polar surface area (TPSA) is 43.9 Å². The summed E-state index contributed by atoms with van der Waals surface area (Å²) in [6.07, 6.45) is 9.57. The lowest BCUT2D eigenvalue weighted by atomic mass is 9.98. The van der Waals surface area contributed by atoms with Crippen molar-refractivity contribution in [2.24, 2.45) is 5.92 Å². The van der Waals surface area contributed by atoms with Crippen LogP contribution in [-0.4, -0.2) is 5.66 Å². The maximum absolute atomic E-state index is 5.21. The highest BCUT2D eigenvalue weighted by Gasteiger charge is 2.40. The van der Waals surface area contributed by atoms with Crippen LogP contribution >= 0.6 is 0 Å². The van der Waals surface area contributed by atoms with E-state index in [0.29, 0.717) is 0 Å². The molecule has 0 aliphatic carbocycles. The van der Waals surface area contributed by atoms with Crippen LogP contribution in [0.15, 0.2) is 0 Å². The molecule has 12 heavy (non-hydrogen) atoms. The van der Waals surface area contributed by atoms with Gasteiger partial charge in [0, 0.05) is 6.42 Å². The van der Waals surface area contributed by atoms with Crippen molar-refractivity contribution in [3.63, 3.8) is 0 Å². The smallest absolute Gasteiger partial charge is 0.0952 e. The molecule has 0 saturated carbocycles. The average molecular weight is 166 g/mol. The molecule has 2 nitrogen and oxygen atoms in total. The van der Waals surface area contributed by atoms with Crippen molar-refractivity contribution in [3.8, 4) is 12.3 Å². The van der Waals surface area contributed by atoms with Crippen molar-refractivity contribution in [2.45, 2.75) is 45.2 Å². The molecule has 1 fully saturated rings. The lowest BCUT2D eigenvalue weighted by Crippen LogP contribution is -2.17. The van der Waals surface area contributed by atoms with Crippen LogP contribution in [0.2, 0.25) is 0 Å². The fourth-order valence-corrected chi connectivity index (χ4v) is 1.28. The summed E-state index contributed by atoms with van der Waals surface area (Å²) in [5.41, 5.74) is 6.58. The lowest BCUT2D eigenvalue weighted by Gasteiger charge is -2.11. The van der Waals surface area contributed by atoms with Gasteiger partial charge < -0.3 is 0 Å². The molecule has 1 aliphatic rings. The molecule has 0 unspecified atom stereocenters. The van der Waals surface area contributed by atoms with E-state index >= 15 is 0 Å².